The molecule has 0 radical (unpaired) electrons. The predicted octanol–water partition coefficient (Wildman–Crippen LogP) is 3.38. The average Bonchev–Trinajstić information content (AvgIpc) is 3.51. The van der Waals surface area contributed by atoms with Gasteiger partial charge in [-0.15, -0.1) is 0 Å². The van der Waals surface area contributed by atoms with E-state index in [-0.39, 0.29) is 69.0 Å². The highest BCUT2D eigenvalue weighted by molar-refractivity contribution is 7.89. The molecule has 1 saturated carbocycles. The van der Waals surface area contributed by atoms with Crippen LogP contribution in [-0.2, 0) is 27.8 Å². The summed E-state index contributed by atoms with van der Waals surface area (Å²) in [5.74, 6) is 0.367. The number of aliphatic hydroxyl groups excluding tert-OH is 2. The Morgan fingerprint density at radius 1 is 1.12 bits per heavy atom. The number of benzene rings is 1. The number of amidine groups is 1. The van der Waals surface area contributed by atoms with Gasteiger partial charge in [0.1, 0.15) is 11.4 Å². The summed E-state index contributed by atoms with van der Waals surface area (Å²) in [6.07, 6.45) is -0.218. The number of hydrogen-bond acceptors (Lipinski definition) is 6. The number of aromatic nitrogens is 1. The molecule has 3 N–H and O–H groups in total. The number of halogens is 3. The van der Waals surface area contributed by atoms with Crippen LogP contribution < -0.4 is 5.32 Å². The zero-order valence-electron chi connectivity index (χ0n) is 23.5. The quantitative estimate of drug-likeness (QED) is 0.380. The van der Waals surface area contributed by atoms with Crippen molar-refractivity contribution in [3.8, 4) is 0 Å². The first-order valence-corrected chi connectivity index (χ1v) is 16.3. The van der Waals surface area contributed by atoms with Crippen LogP contribution in [0.5, 0.6) is 0 Å². The highest BCUT2D eigenvalue weighted by Gasteiger charge is 2.48. The molecule has 42 heavy (non-hydrogen) atoms. The number of nitrogens with one attached hydrogen (secondary N) is 1. The summed E-state index contributed by atoms with van der Waals surface area (Å²) in [5.41, 5.74) is 0.745. The molecule has 3 heterocycles. The number of aryl methyl sites for hydroxylation is 1. The maximum Gasteiger partial charge on any atom is 0.389 e. The van der Waals surface area contributed by atoms with Crippen LogP contribution in [0.4, 0.5) is 13.2 Å². The number of carbonyl (C=O) groups excluding carboxylic acids is 1. The van der Waals surface area contributed by atoms with Gasteiger partial charge >= 0.3 is 6.18 Å². The molecule has 5 rings (SSSR count). The van der Waals surface area contributed by atoms with Gasteiger partial charge in [0.15, 0.2) is 0 Å². The lowest BCUT2D eigenvalue weighted by molar-refractivity contribution is -0.138. The Labute approximate surface area is 243 Å². The maximum atomic E-state index is 13.3. The molecule has 0 unspecified atom stereocenters. The Bertz CT molecular complexity index is 1410. The van der Waals surface area contributed by atoms with E-state index in [9.17, 15) is 31.5 Å². The summed E-state index contributed by atoms with van der Waals surface area (Å²) in [7, 11) is -3.59. The van der Waals surface area contributed by atoms with Crippen molar-refractivity contribution in [2.45, 2.75) is 82.2 Å². The highest BCUT2D eigenvalue weighted by Crippen LogP contribution is 2.38. The Morgan fingerprint density at radius 2 is 1.83 bits per heavy atom. The van der Waals surface area contributed by atoms with E-state index in [2.05, 4.69) is 5.32 Å². The van der Waals surface area contributed by atoms with Crippen LogP contribution in [0.15, 0.2) is 35.5 Å². The van der Waals surface area contributed by atoms with E-state index < -0.39 is 34.3 Å². The number of fused-ring (bicyclic) bond motifs is 1. The molecule has 1 aliphatic carbocycles. The highest BCUT2D eigenvalue weighted by atomic mass is 32.2. The second kappa shape index (κ2) is 12.3. The summed E-state index contributed by atoms with van der Waals surface area (Å²) in [6, 6.07) is 7.51. The standard InChI is InChI=1S/C29H39F3N4O5S/c30-29(31,32)11-8-20-4-6-22(7-5-20)26-33-27(39)28(34-26)12-15-36(16-13-28)42(40,41)17-10-21-2-1-3-25-24(21)9-14-35(25)18-23(38)19-37/h1-3,9,14,20,22-23,37-38H,4-8,10-13,15-19H2,(H,33,34,39)/t20?,22?,23-/m1/s1. The van der Waals surface area contributed by atoms with Crippen LogP contribution in [0.25, 0.3) is 10.9 Å². The predicted molar refractivity (Wildman–Crippen MR) is 152 cm³/mol. The number of nitrogens with zero attached hydrogens (tertiary/aromatic N) is 3. The average molecular weight is 613 g/mol. The normalized spacial score (nSPS) is 24.2. The third-order valence-corrected chi connectivity index (χ3v) is 11.0. The fraction of sp³-hybridized carbons (Fsp3) is 0.655. The molecule has 1 atom stereocenters. The number of hydrogen-bond donors (Lipinski definition) is 3. The van der Waals surface area contributed by atoms with Crippen LogP contribution in [0.3, 0.4) is 0 Å². The maximum absolute atomic E-state index is 13.3. The fourth-order valence-corrected chi connectivity index (χ4v) is 8.09. The molecule has 13 heteroatoms. The van der Waals surface area contributed by atoms with E-state index >= 15 is 0 Å². The molecule has 1 aromatic heterocycles. The molecule has 1 amide bonds. The Morgan fingerprint density at radius 3 is 2.50 bits per heavy atom. The minimum atomic E-state index is -4.14. The molecule has 2 aromatic rings. The van der Waals surface area contributed by atoms with Crippen LogP contribution in [0.1, 0.15) is 56.9 Å². The van der Waals surface area contributed by atoms with Crippen molar-refractivity contribution < 1.29 is 36.6 Å². The molecule has 1 aromatic carbocycles. The van der Waals surface area contributed by atoms with Gasteiger partial charge in [0.25, 0.3) is 5.91 Å². The SMILES string of the molecule is O=C1NC(C2CCC(CCC(F)(F)F)CC2)=NC12CCN(S(=O)(=O)CCc1cccc3c1ccn3C[C@@H](O)CO)CC2. The van der Waals surface area contributed by atoms with Gasteiger partial charge in [0.2, 0.25) is 10.0 Å². The molecular weight excluding hydrogens is 573 g/mol. The zero-order valence-corrected chi connectivity index (χ0v) is 24.3. The molecule has 3 aliphatic rings. The minimum Gasteiger partial charge on any atom is -0.394 e. The molecule has 9 nitrogen and oxygen atoms in total. The van der Waals surface area contributed by atoms with Crippen LogP contribution in [0.2, 0.25) is 0 Å². The molecule has 0 bridgehead atoms. The monoisotopic (exact) mass is 612 g/mol. The zero-order chi connectivity index (χ0) is 30.1. The van der Waals surface area contributed by atoms with E-state index in [1.807, 2.05) is 35.0 Å². The van der Waals surface area contributed by atoms with Crippen molar-refractivity contribution in [2.24, 2.45) is 16.8 Å². The second-order valence-electron chi connectivity index (χ2n) is 12.0. The fourth-order valence-electron chi connectivity index (χ4n) is 6.62. The van der Waals surface area contributed by atoms with Gasteiger partial charge in [0, 0.05) is 42.5 Å². The van der Waals surface area contributed by atoms with Gasteiger partial charge < -0.3 is 20.1 Å². The van der Waals surface area contributed by atoms with Crippen molar-refractivity contribution in [1.29, 1.82) is 0 Å². The molecule has 1 spiro atoms. The first-order chi connectivity index (χ1) is 19.9. The van der Waals surface area contributed by atoms with Crippen LogP contribution in [-0.4, -0.2) is 82.5 Å². The number of aliphatic imine (C=N–C) groups is 1. The van der Waals surface area contributed by atoms with Gasteiger partial charge in [-0.05, 0) is 75.0 Å². The first-order valence-electron chi connectivity index (χ1n) is 14.7. The number of alkyl halides is 3. The molecule has 2 fully saturated rings. The lowest BCUT2D eigenvalue weighted by Crippen LogP contribution is -2.51. The van der Waals surface area contributed by atoms with Crippen molar-refractivity contribution in [3.05, 3.63) is 36.0 Å². The smallest absolute Gasteiger partial charge is 0.389 e. The lowest BCUT2D eigenvalue weighted by Gasteiger charge is -2.34. The minimum absolute atomic E-state index is 0.0155. The van der Waals surface area contributed by atoms with Crippen molar-refractivity contribution in [3.63, 3.8) is 0 Å². The van der Waals surface area contributed by atoms with Gasteiger partial charge in [-0.25, -0.2) is 12.7 Å². The topological polar surface area (TPSA) is 124 Å². The Balaban J connectivity index is 1.16. The Kier molecular flexibility index (Phi) is 9.03. The number of rotatable bonds is 10. The third kappa shape index (κ3) is 6.84. The number of sulfonamides is 1. The van der Waals surface area contributed by atoms with E-state index in [1.54, 1.807) is 0 Å². The number of carbonyl (C=O) groups is 1. The van der Waals surface area contributed by atoms with Crippen molar-refractivity contribution in [1.82, 2.24) is 14.2 Å². The van der Waals surface area contributed by atoms with Gasteiger partial charge in [-0.1, -0.05) is 12.1 Å². The molecule has 1 saturated heterocycles. The summed E-state index contributed by atoms with van der Waals surface area (Å²) < 4.78 is 67.6. The summed E-state index contributed by atoms with van der Waals surface area (Å²) >= 11 is 0. The van der Waals surface area contributed by atoms with E-state index in [1.165, 1.54) is 4.31 Å². The first kappa shape index (κ1) is 31.0. The van der Waals surface area contributed by atoms with Gasteiger partial charge in [0.05, 0.1) is 25.0 Å². The van der Waals surface area contributed by atoms with Crippen LogP contribution in [0, 0.1) is 11.8 Å². The van der Waals surface area contributed by atoms with E-state index in [0.717, 1.165) is 16.5 Å². The van der Waals surface area contributed by atoms with Gasteiger partial charge in [-0.3, -0.25) is 9.79 Å². The third-order valence-electron chi connectivity index (χ3n) is 9.16. The molecule has 232 valence electrons. The number of aliphatic hydroxyl groups is 2. The van der Waals surface area contributed by atoms with E-state index in [0.29, 0.717) is 37.9 Å². The van der Waals surface area contributed by atoms with E-state index in [4.69, 9.17) is 10.1 Å². The Hall–Kier alpha value is -2.48. The molecule has 2 aliphatic heterocycles. The van der Waals surface area contributed by atoms with Crippen molar-refractivity contribution in [2.75, 3.05) is 25.4 Å². The summed E-state index contributed by atoms with van der Waals surface area (Å²) in [6.45, 7) is 0.267. The summed E-state index contributed by atoms with van der Waals surface area (Å²) in [5, 5.41) is 22.8. The number of amides is 1. The largest absolute Gasteiger partial charge is 0.394 e. The van der Waals surface area contributed by atoms with Crippen molar-refractivity contribution >= 4 is 32.7 Å². The molecular formula is C29H39F3N4O5S. The summed E-state index contributed by atoms with van der Waals surface area (Å²) in [4.78, 5) is 17.8. The van der Waals surface area contributed by atoms with Gasteiger partial charge in [-0.2, -0.15) is 13.2 Å². The second-order valence-corrected chi connectivity index (χ2v) is 14.1. The van der Waals surface area contributed by atoms with Crippen LogP contribution >= 0.6 is 0 Å². The lowest BCUT2D eigenvalue weighted by atomic mass is 9.79. The number of piperidine rings is 1.